The average molecular weight is 391 g/mol. The van der Waals surface area contributed by atoms with Gasteiger partial charge in [-0.15, -0.1) is 0 Å². The molecule has 0 aromatic heterocycles. The number of carbonyl (C=O) groups is 1. The molecule has 0 heterocycles. The number of amides is 1. The highest BCUT2D eigenvalue weighted by molar-refractivity contribution is 6.31. The third-order valence-corrected chi connectivity index (χ3v) is 3.36. The minimum atomic E-state index is -2.37. The Morgan fingerprint density at radius 2 is 1.54 bits per heavy atom. The molecule has 3 nitrogen and oxygen atoms in total. The molecule has 0 atom stereocenters. The van der Waals surface area contributed by atoms with E-state index in [2.05, 4.69) is 5.32 Å². The van der Waals surface area contributed by atoms with E-state index in [0.29, 0.717) is 0 Å². The minimum Gasteiger partial charge on any atom is -0.321 e. The van der Waals surface area contributed by atoms with Gasteiger partial charge in [-0.1, -0.05) is 11.6 Å². The Kier molecular flexibility index (Phi) is 5.57. The second kappa shape index (κ2) is 7.49. The molecule has 0 unspecified atom stereocenters. The van der Waals surface area contributed by atoms with E-state index >= 15 is 0 Å². The van der Waals surface area contributed by atoms with Crippen molar-refractivity contribution in [3.8, 4) is 6.07 Å². The first-order valence-electron chi connectivity index (χ1n) is 6.57. The van der Waals surface area contributed by atoms with Crippen LogP contribution in [0.3, 0.4) is 0 Å². The van der Waals surface area contributed by atoms with E-state index in [1.54, 1.807) is 0 Å². The van der Waals surface area contributed by atoms with E-state index in [4.69, 9.17) is 16.9 Å². The summed E-state index contributed by atoms with van der Waals surface area (Å²) in [5.74, 6) is -13.3. The molecule has 26 heavy (non-hydrogen) atoms. The zero-order valence-corrected chi connectivity index (χ0v) is 13.1. The van der Waals surface area contributed by atoms with Gasteiger partial charge in [0.15, 0.2) is 23.3 Å². The summed E-state index contributed by atoms with van der Waals surface area (Å²) in [6.07, 6.45) is 0.205. The SMILES string of the molecule is N#C/C(=C\c1c(F)c(F)c(F)c(F)c1F)C(=O)Nc1ccc(F)c(Cl)c1. The molecule has 0 fully saturated rings. The predicted molar refractivity (Wildman–Crippen MR) is 79.9 cm³/mol. The van der Waals surface area contributed by atoms with Crippen LogP contribution in [-0.2, 0) is 4.79 Å². The van der Waals surface area contributed by atoms with Crippen LogP contribution < -0.4 is 5.32 Å². The number of nitriles is 1. The molecule has 10 heteroatoms. The smallest absolute Gasteiger partial charge is 0.266 e. The van der Waals surface area contributed by atoms with Crippen LogP contribution in [0.15, 0.2) is 23.8 Å². The number of benzene rings is 2. The van der Waals surface area contributed by atoms with Crippen LogP contribution in [0.25, 0.3) is 6.08 Å². The summed E-state index contributed by atoms with van der Waals surface area (Å²) in [5, 5.41) is 10.7. The van der Waals surface area contributed by atoms with Gasteiger partial charge in [0.05, 0.1) is 10.6 Å². The molecule has 2 aromatic carbocycles. The van der Waals surface area contributed by atoms with Gasteiger partial charge in [-0.05, 0) is 24.3 Å². The summed E-state index contributed by atoms with van der Waals surface area (Å²) in [5.41, 5.74) is -2.49. The molecule has 0 spiro atoms. The van der Waals surface area contributed by atoms with E-state index in [9.17, 15) is 31.1 Å². The van der Waals surface area contributed by atoms with Crippen LogP contribution in [0.5, 0.6) is 0 Å². The standard InChI is InChI=1S/C16H5ClF6N2O/c17-9-4-7(1-2-10(9)18)25-16(26)6(5-24)3-8-11(19)13(21)15(23)14(22)12(8)20/h1-4H,(H,25,26)/b6-3+. The fourth-order valence-corrected chi connectivity index (χ4v) is 1.99. The summed E-state index contributed by atoms with van der Waals surface area (Å²) in [6, 6.07) is 4.24. The summed E-state index contributed by atoms with van der Waals surface area (Å²) >= 11 is 5.51. The molecule has 134 valence electrons. The van der Waals surface area contributed by atoms with Crippen molar-refractivity contribution < 1.29 is 31.1 Å². The van der Waals surface area contributed by atoms with Crippen molar-refractivity contribution in [1.82, 2.24) is 0 Å². The van der Waals surface area contributed by atoms with Gasteiger partial charge < -0.3 is 5.32 Å². The van der Waals surface area contributed by atoms with Crippen molar-refractivity contribution in [1.29, 1.82) is 5.26 Å². The Morgan fingerprint density at radius 1 is 1.00 bits per heavy atom. The third-order valence-electron chi connectivity index (χ3n) is 3.07. The molecular formula is C16H5ClF6N2O. The molecule has 1 N–H and O–H groups in total. The monoisotopic (exact) mass is 390 g/mol. The summed E-state index contributed by atoms with van der Waals surface area (Å²) in [4.78, 5) is 12.0. The van der Waals surface area contributed by atoms with Gasteiger partial charge in [0.25, 0.3) is 5.91 Å². The van der Waals surface area contributed by atoms with Crippen molar-refractivity contribution in [3.05, 3.63) is 69.3 Å². The second-order valence-electron chi connectivity index (χ2n) is 4.74. The first kappa shape index (κ1) is 19.3. The highest BCUT2D eigenvalue weighted by Crippen LogP contribution is 2.25. The first-order valence-corrected chi connectivity index (χ1v) is 6.94. The Bertz CT molecular complexity index is 955. The highest BCUT2D eigenvalue weighted by atomic mass is 35.5. The van der Waals surface area contributed by atoms with E-state index in [0.717, 1.165) is 18.2 Å². The maximum absolute atomic E-state index is 13.6. The molecule has 2 rings (SSSR count). The number of hydrogen-bond donors (Lipinski definition) is 1. The Labute approximate surface area is 147 Å². The molecule has 0 bridgehead atoms. The van der Waals surface area contributed by atoms with E-state index in [1.165, 1.54) is 6.07 Å². The summed E-state index contributed by atoms with van der Waals surface area (Å²) in [7, 11) is 0. The number of nitrogens with zero attached hydrogens (tertiary/aromatic N) is 1. The topological polar surface area (TPSA) is 52.9 Å². The Morgan fingerprint density at radius 3 is 2.04 bits per heavy atom. The summed E-state index contributed by atoms with van der Waals surface area (Å²) in [6.45, 7) is 0. The predicted octanol–water partition coefficient (Wildman–Crippen LogP) is 4.72. The lowest BCUT2D eigenvalue weighted by atomic mass is 10.1. The van der Waals surface area contributed by atoms with Gasteiger partial charge in [0.1, 0.15) is 17.5 Å². The van der Waals surface area contributed by atoms with Gasteiger partial charge in [0.2, 0.25) is 5.82 Å². The molecule has 0 aliphatic rings. The third kappa shape index (κ3) is 3.65. The van der Waals surface area contributed by atoms with Gasteiger partial charge in [-0.3, -0.25) is 4.79 Å². The molecule has 0 radical (unpaired) electrons. The van der Waals surface area contributed by atoms with Gasteiger partial charge >= 0.3 is 0 Å². The largest absolute Gasteiger partial charge is 0.321 e. The fourth-order valence-electron chi connectivity index (χ4n) is 1.81. The lowest BCUT2D eigenvalue weighted by molar-refractivity contribution is -0.112. The quantitative estimate of drug-likeness (QED) is 0.271. The van der Waals surface area contributed by atoms with E-state index in [-0.39, 0.29) is 16.8 Å². The maximum atomic E-state index is 13.6. The van der Waals surface area contributed by atoms with E-state index < -0.39 is 51.9 Å². The summed E-state index contributed by atoms with van der Waals surface area (Å²) < 4.78 is 79.6. The van der Waals surface area contributed by atoms with Crippen molar-refractivity contribution in [3.63, 3.8) is 0 Å². The number of hydrogen-bond acceptors (Lipinski definition) is 2. The van der Waals surface area contributed by atoms with Crippen molar-refractivity contribution >= 4 is 29.3 Å². The van der Waals surface area contributed by atoms with E-state index in [1.807, 2.05) is 0 Å². The molecular weight excluding hydrogens is 386 g/mol. The first-order chi connectivity index (χ1) is 12.2. The van der Waals surface area contributed by atoms with Crippen LogP contribution in [0.4, 0.5) is 32.0 Å². The number of rotatable bonds is 3. The van der Waals surface area contributed by atoms with Gasteiger partial charge in [0, 0.05) is 5.69 Å². The molecule has 0 saturated heterocycles. The number of halogens is 7. The van der Waals surface area contributed by atoms with Gasteiger partial charge in [-0.25, -0.2) is 26.3 Å². The Balaban J connectivity index is 2.44. The number of anilines is 1. The molecule has 0 aliphatic heterocycles. The van der Waals surface area contributed by atoms with Crippen LogP contribution in [-0.4, -0.2) is 5.91 Å². The van der Waals surface area contributed by atoms with Crippen molar-refractivity contribution in [2.45, 2.75) is 0 Å². The maximum Gasteiger partial charge on any atom is 0.266 e. The zero-order chi connectivity index (χ0) is 19.6. The minimum absolute atomic E-state index is 0.0695. The molecule has 0 aliphatic carbocycles. The number of nitrogens with one attached hydrogen (secondary N) is 1. The van der Waals surface area contributed by atoms with Crippen LogP contribution in [0.1, 0.15) is 5.56 Å². The highest BCUT2D eigenvalue weighted by Gasteiger charge is 2.25. The molecule has 1 amide bonds. The van der Waals surface area contributed by atoms with Crippen LogP contribution >= 0.6 is 11.6 Å². The van der Waals surface area contributed by atoms with Crippen LogP contribution in [0.2, 0.25) is 5.02 Å². The van der Waals surface area contributed by atoms with Crippen LogP contribution in [0, 0.1) is 46.2 Å². The number of carbonyl (C=O) groups excluding carboxylic acids is 1. The Hall–Kier alpha value is -2.99. The van der Waals surface area contributed by atoms with Crippen molar-refractivity contribution in [2.75, 3.05) is 5.32 Å². The second-order valence-corrected chi connectivity index (χ2v) is 5.14. The average Bonchev–Trinajstić information content (AvgIpc) is 2.61. The van der Waals surface area contributed by atoms with Crippen molar-refractivity contribution in [2.24, 2.45) is 0 Å². The normalized spacial score (nSPS) is 11.2. The lowest BCUT2D eigenvalue weighted by Crippen LogP contribution is -2.14. The lowest BCUT2D eigenvalue weighted by Gasteiger charge is -2.07. The zero-order valence-electron chi connectivity index (χ0n) is 12.3. The fraction of sp³-hybridized carbons (Fsp3) is 0. The van der Waals surface area contributed by atoms with Gasteiger partial charge in [-0.2, -0.15) is 5.26 Å². The molecule has 2 aromatic rings. The molecule has 0 saturated carbocycles.